The summed E-state index contributed by atoms with van der Waals surface area (Å²) in [6.45, 7) is 4.29. The minimum Gasteiger partial charge on any atom is -0.466 e. The largest absolute Gasteiger partial charge is 0.466 e. The Hall–Kier alpha value is -2.39. The van der Waals surface area contributed by atoms with Crippen LogP contribution < -0.4 is 10.6 Å². The van der Waals surface area contributed by atoms with Crippen molar-refractivity contribution < 1.29 is 22.3 Å². The molecule has 0 saturated heterocycles. The molecular formula is C19H26FN3O4S. The lowest BCUT2D eigenvalue weighted by Gasteiger charge is -2.22. The highest BCUT2D eigenvalue weighted by molar-refractivity contribution is 7.89. The van der Waals surface area contributed by atoms with Crippen LogP contribution in [0.1, 0.15) is 30.7 Å². The molecule has 1 heterocycles. The number of nitrogens with zero attached hydrogens (tertiary/aromatic N) is 1. The normalized spacial score (nSPS) is 14.5. The maximum atomic E-state index is 13.6. The molecule has 0 bridgehead atoms. The second-order valence-electron chi connectivity index (χ2n) is 6.78. The molecule has 2 rings (SSSR count). The van der Waals surface area contributed by atoms with E-state index in [0.29, 0.717) is 29.4 Å². The van der Waals surface area contributed by atoms with Gasteiger partial charge in [0.25, 0.3) is 0 Å². The lowest BCUT2D eigenvalue weighted by molar-refractivity contribution is 0.0386. The summed E-state index contributed by atoms with van der Waals surface area (Å²) < 4.78 is 42.1. The van der Waals surface area contributed by atoms with Crippen LogP contribution in [-0.4, -0.2) is 38.8 Å². The summed E-state index contributed by atoms with van der Waals surface area (Å²) in [7, 11) is -3.26. The Morgan fingerprint density at radius 1 is 1.29 bits per heavy atom. The third kappa shape index (κ3) is 6.65. The van der Waals surface area contributed by atoms with E-state index in [-0.39, 0.29) is 18.8 Å². The van der Waals surface area contributed by atoms with E-state index < -0.39 is 21.3 Å². The van der Waals surface area contributed by atoms with Gasteiger partial charge in [0.15, 0.2) is 15.8 Å². The molecule has 28 heavy (non-hydrogen) atoms. The van der Waals surface area contributed by atoms with Crippen LogP contribution in [0.5, 0.6) is 0 Å². The number of hydrogen-bond donors (Lipinski definition) is 3. The molecule has 9 heteroatoms. The van der Waals surface area contributed by atoms with Crippen LogP contribution in [0, 0.1) is 5.82 Å². The number of benzene rings is 1. The Balaban J connectivity index is 2.15. The Bertz CT molecular complexity index is 909. The molecule has 1 atom stereocenters. The van der Waals surface area contributed by atoms with Crippen molar-refractivity contribution in [2.24, 2.45) is 4.99 Å². The van der Waals surface area contributed by atoms with Crippen molar-refractivity contribution in [3.8, 4) is 0 Å². The van der Waals surface area contributed by atoms with E-state index in [1.165, 1.54) is 24.5 Å². The Kier molecular flexibility index (Phi) is 7.20. The molecule has 1 aromatic heterocycles. The predicted molar refractivity (Wildman–Crippen MR) is 106 cm³/mol. The second-order valence-corrected chi connectivity index (χ2v) is 8.92. The van der Waals surface area contributed by atoms with Crippen LogP contribution in [0.25, 0.3) is 0 Å². The van der Waals surface area contributed by atoms with Crippen LogP contribution >= 0.6 is 0 Å². The average Bonchev–Trinajstić information content (AvgIpc) is 3.14. The maximum Gasteiger partial charge on any atom is 0.191 e. The van der Waals surface area contributed by atoms with Gasteiger partial charge in [0.2, 0.25) is 0 Å². The van der Waals surface area contributed by atoms with Crippen LogP contribution in [0.2, 0.25) is 0 Å². The molecule has 0 aliphatic heterocycles. The van der Waals surface area contributed by atoms with Gasteiger partial charge in [-0.1, -0.05) is 6.07 Å². The van der Waals surface area contributed by atoms with Gasteiger partial charge in [0.05, 0.1) is 25.1 Å². The summed E-state index contributed by atoms with van der Waals surface area (Å²) in [4.78, 5) is 4.39. The van der Waals surface area contributed by atoms with Crippen molar-refractivity contribution in [2.75, 3.05) is 19.3 Å². The van der Waals surface area contributed by atoms with E-state index in [4.69, 9.17) is 4.42 Å². The van der Waals surface area contributed by atoms with Crippen molar-refractivity contribution in [1.29, 1.82) is 0 Å². The van der Waals surface area contributed by atoms with Crippen molar-refractivity contribution in [1.82, 2.24) is 10.6 Å². The highest BCUT2D eigenvalue weighted by atomic mass is 32.2. The van der Waals surface area contributed by atoms with Crippen LogP contribution in [-0.2, 0) is 27.7 Å². The number of aliphatic hydroxyl groups is 1. The first-order chi connectivity index (χ1) is 13.1. The molecule has 0 aliphatic rings. The fourth-order valence-corrected chi connectivity index (χ4v) is 3.45. The van der Waals surface area contributed by atoms with E-state index in [2.05, 4.69) is 15.6 Å². The highest BCUT2D eigenvalue weighted by Gasteiger charge is 2.26. The Labute approximate surface area is 164 Å². The molecule has 3 N–H and O–H groups in total. The van der Waals surface area contributed by atoms with E-state index in [1.54, 1.807) is 19.1 Å². The van der Waals surface area contributed by atoms with Gasteiger partial charge >= 0.3 is 0 Å². The first-order valence-electron chi connectivity index (χ1n) is 8.84. The zero-order chi connectivity index (χ0) is 20.8. The number of halogens is 1. The Morgan fingerprint density at radius 2 is 2.04 bits per heavy atom. The van der Waals surface area contributed by atoms with Crippen molar-refractivity contribution >= 4 is 15.8 Å². The van der Waals surface area contributed by atoms with Gasteiger partial charge in [-0.25, -0.2) is 17.8 Å². The molecular weight excluding hydrogens is 385 g/mol. The maximum absolute atomic E-state index is 13.6. The lowest BCUT2D eigenvalue weighted by Crippen LogP contribution is -2.44. The average molecular weight is 411 g/mol. The van der Waals surface area contributed by atoms with E-state index in [1.807, 2.05) is 6.92 Å². The quantitative estimate of drug-likeness (QED) is 0.453. The monoisotopic (exact) mass is 411 g/mol. The van der Waals surface area contributed by atoms with E-state index in [9.17, 15) is 17.9 Å². The van der Waals surface area contributed by atoms with Gasteiger partial charge < -0.3 is 20.2 Å². The lowest BCUT2D eigenvalue weighted by atomic mass is 10.0. The third-order valence-corrected chi connectivity index (χ3v) is 4.83. The van der Waals surface area contributed by atoms with Gasteiger partial charge in [-0.3, -0.25) is 0 Å². The van der Waals surface area contributed by atoms with Gasteiger partial charge in [-0.05, 0) is 49.2 Å². The summed E-state index contributed by atoms with van der Waals surface area (Å²) in [5.41, 5.74) is -0.258. The third-order valence-electron chi connectivity index (χ3n) is 3.99. The van der Waals surface area contributed by atoms with Gasteiger partial charge in [-0.2, -0.15) is 0 Å². The molecule has 7 nitrogen and oxygen atoms in total. The molecule has 1 unspecified atom stereocenters. The topological polar surface area (TPSA) is 104 Å². The summed E-state index contributed by atoms with van der Waals surface area (Å²) in [5, 5.41) is 16.6. The second kappa shape index (κ2) is 9.20. The SMILES string of the molecule is CCNC(=NCc1cc(F)ccc1CS(C)(=O)=O)NCC(C)(O)c1ccco1. The number of rotatable bonds is 8. The van der Waals surface area contributed by atoms with Crippen molar-refractivity contribution in [3.05, 3.63) is 59.3 Å². The van der Waals surface area contributed by atoms with E-state index >= 15 is 0 Å². The van der Waals surface area contributed by atoms with E-state index in [0.717, 1.165) is 6.26 Å². The van der Waals surface area contributed by atoms with Crippen LogP contribution in [0.4, 0.5) is 4.39 Å². The summed E-state index contributed by atoms with van der Waals surface area (Å²) >= 11 is 0. The predicted octanol–water partition coefficient (Wildman–Crippen LogP) is 1.93. The molecule has 1 aromatic carbocycles. The van der Waals surface area contributed by atoms with Crippen LogP contribution in [0.3, 0.4) is 0 Å². The van der Waals surface area contributed by atoms with Gasteiger partial charge in [0, 0.05) is 12.8 Å². The summed E-state index contributed by atoms with van der Waals surface area (Å²) in [6.07, 6.45) is 2.61. The fraction of sp³-hybridized carbons (Fsp3) is 0.421. The number of hydrogen-bond acceptors (Lipinski definition) is 5. The zero-order valence-corrected chi connectivity index (χ0v) is 17.0. The fourth-order valence-electron chi connectivity index (χ4n) is 2.60. The summed E-state index contributed by atoms with van der Waals surface area (Å²) in [6, 6.07) is 7.35. The zero-order valence-electron chi connectivity index (χ0n) is 16.2. The van der Waals surface area contributed by atoms with Crippen molar-refractivity contribution in [2.45, 2.75) is 31.7 Å². The number of aliphatic imine (C=N–C) groups is 1. The first-order valence-corrected chi connectivity index (χ1v) is 10.9. The standard InChI is InChI=1S/C19H26FN3O4S/c1-4-21-18(23-13-19(2,24)17-6-5-9-27-17)22-11-15-10-16(20)8-7-14(15)12-28(3,25)26/h5-10,24H,4,11-13H2,1-3H3,(H2,21,22,23). The minimum absolute atomic E-state index is 0.0842. The number of nitrogens with one attached hydrogen (secondary N) is 2. The molecule has 2 aromatic rings. The minimum atomic E-state index is -3.26. The molecule has 0 saturated carbocycles. The molecule has 154 valence electrons. The molecule has 0 radical (unpaired) electrons. The smallest absolute Gasteiger partial charge is 0.191 e. The number of furan rings is 1. The highest BCUT2D eigenvalue weighted by Crippen LogP contribution is 2.20. The summed E-state index contributed by atoms with van der Waals surface area (Å²) in [5.74, 6) is 0.177. The number of guanidine groups is 1. The molecule has 0 spiro atoms. The molecule has 0 fully saturated rings. The van der Waals surface area contributed by atoms with Gasteiger partial charge in [0.1, 0.15) is 17.2 Å². The molecule has 0 aliphatic carbocycles. The van der Waals surface area contributed by atoms with Crippen molar-refractivity contribution in [3.63, 3.8) is 0 Å². The number of sulfone groups is 1. The molecule has 0 amide bonds. The van der Waals surface area contributed by atoms with Gasteiger partial charge in [-0.15, -0.1) is 0 Å². The Morgan fingerprint density at radius 3 is 2.64 bits per heavy atom. The van der Waals surface area contributed by atoms with Crippen LogP contribution in [0.15, 0.2) is 46.0 Å². The first kappa shape index (κ1) is 21.9.